The fraction of sp³-hybridized carbons (Fsp3) is 0.562. The van der Waals surface area contributed by atoms with Gasteiger partial charge in [0, 0.05) is 0 Å². The van der Waals surface area contributed by atoms with E-state index in [1.807, 2.05) is 0 Å². The van der Waals surface area contributed by atoms with Crippen LogP contribution in [-0.2, 0) is 5.41 Å². The summed E-state index contributed by atoms with van der Waals surface area (Å²) in [6.45, 7) is 5.20. The van der Waals surface area contributed by atoms with Gasteiger partial charge in [-0.15, -0.1) is 0 Å². The third-order valence-electron chi connectivity index (χ3n) is 8.63. The molecule has 2 aromatic rings. The van der Waals surface area contributed by atoms with Gasteiger partial charge in [-0.3, -0.25) is 0 Å². The minimum atomic E-state index is 0.452. The molecule has 3 aliphatic carbocycles. The number of fused-ring (bicyclic) bond motifs is 3. The van der Waals surface area contributed by atoms with Gasteiger partial charge in [0.2, 0.25) is 0 Å². The molecule has 0 N–H and O–H groups in total. The van der Waals surface area contributed by atoms with Crippen molar-refractivity contribution < 1.29 is 4.74 Å². The summed E-state index contributed by atoms with van der Waals surface area (Å²) in [5.41, 5.74) is 5.30. The lowest BCUT2D eigenvalue weighted by Gasteiger charge is -2.54. The van der Waals surface area contributed by atoms with E-state index >= 15 is 0 Å². The summed E-state index contributed by atoms with van der Waals surface area (Å²) in [5, 5.41) is 0. The Hall–Kier alpha value is -2.02. The zero-order chi connectivity index (χ0) is 23.0. The first kappa shape index (κ1) is 24.1. The predicted octanol–water partition coefficient (Wildman–Crippen LogP) is 9.65. The van der Waals surface area contributed by atoms with Crippen LogP contribution in [0.2, 0.25) is 0 Å². The molecule has 5 rings (SSSR count). The van der Waals surface area contributed by atoms with E-state index in [2.05, 4.69) is 74.5 Å². The average Bonchev–Trinajstić information content (AvgIpc) is 2.88. The van der Waals surface area contributed by atoms with Crippen molar-refractivity contribution in [2.24, 2.45) is 5.41 Å². The molecule has 0 amide bonds. The van der Waals surface area contributed by atoms with Crippen molar-refractivity contribution >= 4 is 0 Å². The van der Waals surface area contributed by atoms with Crippen LogP contribution in [0.4, 0.5) is 0 Å². The number of allylic oxidation sites excluding steroid dienone is 1. The van der Waals surface area contributed by atoms with Crippen molar-refractivity contribution in [3.63, 3.8) is 0 Å². The van der Waals surface area contributed by atoms with Crippen LogP contribution in [-0.4, -0.2) is 6.61 Å². The monoisotopic (exact) mass is 444 g/mol. The molecule has 1 nitrogen and oxygen atoms in total. The number of ether oxygens (including phenoxy) is 1. The second-order valence-corrected chi connectivity index (χ2v) is 10.8. The Balaban J connectivity index is 1.32. The number of unbranched alkanes of at least 4 members (excludes halogenated alkanes) is 4. The summed E-state index contributed by atoms with van der Waals surface area (Å²) < 4.78 is 5.86. The smallest absolute Gasteiger partial charge is 0.119 e. The Bertz CT molecular complexity index is 849. The van der Waals surface area contributed by atoms with E-state index < -0.39 is 0 Å². The van der Waals surface area contributed by atoms with Gasteiger partial charge in [0.15, 0.2) is 0 Å². The Morgan fingerprint density at radius 2 is 1.30 bits per heavy atom. The summed E-state index contributed by atoms with van der Waals surface area (Å²) in [5.74, 6) is 0.946. The normalized spacial score (nSPS) is 24.4. The second-order valence-electron chi connectivity index (χ2n) is 10.8. The quantitative estimate of drug-likeness (QED) is 0.234. The standard InChI is InChI=1S/C32H44O/c1-3-5-7-8-10-26-33-30-17-13-28(14-18-30)27-11-15-29(16-12-27)32-23-20-31(21-24-32,22-25-32)19-9-6-4-2/h8,10-18H,3-7,9,19-26H2,1-2H3. The maximum atomic E-state index is 5.86. The number of rotatable bonds is 12. The first-order valence-corrected chi connectivity index (χ1v) is 13.7. The van der Waals surface area contributed by atoms with E-state index in [1.54, 1.807) is 5.56 Å². The van der Waals surface area contributed by atoms with Crippen LogP contribution in [0, 0.1) is 5.41 Å². The highest BCUT2D eigenvalue weighted by molar-refractivity contribution is 5.64. The van der Waals surface area contributed by atoms with Crippen LogP contribution in [0.5, 0.6) is 5.75 Å². The van der Waals surface area contributed by atoms with E-state index in [4.69, 9.17) is 4.74 Å². The zero-order valence-corrected chi connectivity index (χ0v) is 21.1. The van der Waals surface area contributed by atoms with Crippen molar-refractivity contribution in [2.45, 2.75) is 103 Å². The van der Waals surface area contributed by atoms with Crippen molar-refractivity contribution in [1.29, 1.82) is 0 Å². The van der Waals surface area contributed by atoms with Gasteiger partial charge in [0.05, 0.1) is 0 Å². The molecule has 0 heterocycles. The second kappa shape index (κ2) is 11.4. The highest BCUT2D eigenvalue weighted by Gasteiger charge is 2.48. The highest BCUT2D eigenvalue weighted by atomic mass is 16.5. The number of benzene rings is 2. The summed E-state index contributed by atoms with van der Waals surface area (Å²) in [6.07, 6.45) is 22.2. The molecule has 0 unspecified atom stereocenters. The largest absolute Gasteiger partial charge is 0.490 e. The van der Waals surface area contributed by atoms with Crippen LogP contribution < -0.4 is 4.74 Å². The van der Waals surface area contributed by atoms with Crippen LogP contribution >= 0.6 is 0 Å². The van der Waals surface area contributed by atoms with Gasteiger partial charge in [-0.2, -0.15) is 0 Å². The molecule has 0 radical (unpaired) electrons. The van der Waals surface area contributed by atoms with Gasteiger partial charge >= 0.3 is 0 Å². The lowest BCUT2D eigenvalue weighted by molar-refractivity contribution is 0.0305. The molecule has 3 saturated carbocycles. The van der Waals surface area contributed by atoms with Gasteiger partial charge in [0.1, 0.15) is 12.4 Å². The van der Waals surface area contributed by atoms with Crippen molar-refractivity contribution in [1.82, 2.24) is 0 Å². The molecule has 0 saturated heterocycles. The van der Waals surface area contributed by atoms with E-state index in [1.165, 1.54) is 88.2 Å². The Kier molecular flexibility index (Phi) is 8.34. The minimum Gasteiger partial charge on any atom is -0.490 e. The van der Waals surface area contributed by atoms with Gasteiger partial charge in [-0.25, -0.2) is 0 Å². The van der Waals surface area contributed by atoms with Crippen LogP contribution in [0.15, 0.2) is 60.7 Å². The van der Waals surface area contributed by atoms with Crippen molar-refractivity contribution in [3.05, 3.63) is 66.2 Å². The van der Waals surface area contributed by atoms with Crippen molar-refractivity contribution in [3.8, 4) is 16.9 Å². The fourth-order valence-electron chi connectivity index (χ4n) is 6.23. The molecular weight excluding hydrogens is 400 g/mol. The Labute approximate surface area is 202 Å². The van der Waals surface area contributed by atoms with E-state index in [-0.39, 0.29) is 0 Å². The topological polar surface area (TPSA) is 9.23 Å². The van der Waals surface area contributed by atoms with Crippen LogP contribution in [0.3, 0.4) is 0 Å². The number of hydrogen-bond acceptors (Lipinski definition) is 1. The third-order valence-corrected chi connectivity index (χ3v) is 8.63. The molecule has 0 aliphatic heterocycles. The molecule has 3 aliphatic rings. The van der Waals surface area contributed by atoms with Gasteiger partial charge in [-0.1, -0.05) is 94.5 Å². The maximum absolute atomic E-state index is 5.86. The zero-order valence-electron chi connectivity index (χ0n) is 21.1. The Morgan fingerprint density at radius 3 is 1.91 bits per heavy atom. The summed E-state index contributed by atoms with van der Waals surface area (Å²) in [4.78, 5) is 0. The fourth-order valence-corrected chi connectivity index (χ4v) is 6.23. The maximum Gasteiger partial charge on any atom is 0.119 e. The summed E-state index contributed by atoms with van der Waals surface area (Å²) in [7, 11) is 0. The predicted molar refractivity (Wildman–Crippen MR) is 142 cm³/mol. The summed E-state index contributed by atoms with van der Waals surface area (Å²) >= 11 is 0. The molecule has 3 fully saturated rings. The van der Waals surface area contributed by atoms with E-state index in [0.717, 1.165) is 12.2 Å². The SMILES string of the molecule is CCCCC=CCOc1ccc(-c2ccc(C34CCC(CCCCC)(CC3)CC4)cc2)cc1. The van der Waals surface area contributed by atoms with Gasteiger partial charge in [-0.05, 0) is 91.0 Å². The third kappa shape index (κ3) is 5.92. The molecule has 0 spiro atoms. The molecule has 178 valence electrons. The lowest BCUT2D eigenvalue weighted by atomic mass is 9.51. The van der Waals surface area contributed by atoms with Crippen LogP contribution in [0.1, 0.15) is 103 Å². The Morgan fingerprint density at radius 1 is 0.697 bits per heavy atom. The molecular formula is C32H44O. The average molecular weight is 445 g/mol. The lowest BCUT2D eigenvalue weighted by Crippen LogP contribution is -2.44. The molecule has 33 heavy (non-hydrogen) atoms. The highest BCUT2D eigenvalue weighted by Crippen LogP contribution is 2.59. The van der Waals surface area contributed by atoms with E-state index in [9.17, 15) is 0 Å². The molecule has 2 bridgehead atoms. The molecule has 0 atom stereocenters. The van der Waals surface area contributed by atoms with Gasteiger partial charge in [0.25, 0.3) is 0 Å². The minimum absolute atomic E-state index is 0.452. The molecule has 0 aromatic heterocycles. The van der Waals surface area contributed by atoms with Crippen LogP contribution in [0.25, 0.3) is 11.1 Å². The first-order chi connectivity index (χ1) is 16.2. The molecule has 2 aromatic carbocycles. The summed E-state index contributed by atoms with van der Waals surface area (Å²) in [6, 6.07) is 18.1. The van der Waals surface area contributed by atoms with Gasteiger partial charge < -0.3 is 4.74 Å². The number of hydrogen-bond donors (Lipinski definition) is 0. The first-order valence-electron chi connectivity index (χ1n) is 13.7. The molecule has 1 heteroatoms. The van der Waals surface area contributed by atoms with Crippen molar-refractivity contribution in [2.75, 3.05) is 6.61 Å². The van der Waals surface area contributed by atoms with E-state index in [0.29, 0.717) is 17.4 Å².